The Bertz CT molecular complexity index is 744. The predicted octanol–water partition coefficient (Wildman–Crippen LogP) is 3.79. The van der Waals surface area contributed by atoms with Crippen LogP contribution in [0.3, 0.4) is 0 Å². The molecule has 2 aromatic rings. The molecule has 0 radical (unpaired) electrons. The van der Waals surface area contributed by atoms with Crippen LogP contribution < -0.4 is 5.32 Å². The second-order valence-corrected chi connectivity index (χ2v) is 5.76. The Balaban J connectivity index is 2.19. The number of benzene rings is 1. The number of carboxylic acid groups (broad SMARTS) is 1. The van der Waals surface area contributed by atoms with Gasteiger partial charge in [0.1, 0.15) is 0 Å². The average molecular weight is 372 g/mol. The summed E-state index contributed by atoms with van der Waals surface area (Å²) in [5.74, 6) is -2.16. The molecule has 1 aromatic heterocycles. The molecule has 0 aliphatic rings. The van der Waals surface area contributed by atoms with Gasteiger partial charge in [-0.2, -0.15) is 0 Å². The van der Waals surface area contributed by atoms with Gasteiger partial charge in [0.05, 0.1) is 16.1 Å². The number of rotatable bonds is 7. The van der Waals surface area contributed by atoms with Gasteiger partial charge < -0.3 is 19.6 Å². The Kier molecular flexibility index (Phi) is 6.25. The molecule has 0 saturated carbocycles. The molecular weight excluding hydrogens is 357 g/mol. The van der Waals surface area contributed by atoms with Crippen LogP contribution in [0.2, 0.25) is 10.0 Å². The summed E-state index contributed by atoms with van der Waals surface area (Å²) in [5.41, 5.74) is 0.750. The number of furan rings is 1. The highest BCUT2D eigenvalue weighted by Crippen LogP contribution is 2.27. The van der Waals surface area contributed by atoms with Crippen molar-refractivity contribution in [3.8, 4) is 0 Å². The fraction of sp³-hybridized carbons (Fsp3) is 0.250. The van der Waals surface area contributed by atoms with Gasteiger partial charge in [-0.25, -0.2) is 4.79 Å². The van der Waals surface area contributed by atoms with Crippen LogP contribution in [0.1, 0.15) is 39.1 Å². The number of amides is 1. The van der Waals surface area contributed by atoms with Crippen LogP contribution in [-0.4, -0.2) is 30.7 Å². The van der Waals surface area contributed by atoms with Crippen LogP contribution in [0.15, 0.2) is 34.7 Å². The monoisotopic (exact) mass is 371 g/mol. The summed E-state index contributed by atoms with van der Waals surface area (Å²) in [7, 11) is 1.55. The Morgan fingerprint density at radius 1 is 1.21 bits per heavy atom. The number of ether oxygens (including phenoxy) is 1. The van der Waals surface area contributed by atoms with Crippen LogP contribution in [0.25, 0.3) is 0 Å². The smallest absolute Gasteiger partial charge is 0.371 e. The van der Waals surface area contributed by atoms with Gasteiger partial charge in [0.15, 0.2) is 5.76 Å². The molecule has 1 amide bonds. The van der Waals surface area contributed by atoms with Crippen LogP contribution in [0, 0.1) is 0 Å². The highest BCUT2D eigenvalue weighted by atomic mass is 35.5. The molecule has 2 rings (SSSR count). The van der Waals surface area contributed by atoms with Crippen molar-refractivity contribution in [2.75, 3.05) is 13.7 Å². The quantitative estimate of drug-likeness (QED) is 0.772. The fourth-order valence-corrected chi connectivity index (χ4v) is 2.40. The first-order chi connectivity index (χ1) is 11.4. The van der Waals surface area contributed by atoms with Crippen LogP contribution in [0.5, 0.6) is 0 Å². The van der Waals surface area contributed by atoms with Crippen molar-refractivity contribution in [3.63, 3.8) is 0 Å². The lowest BCUT2D eigenvalue weighted by molar-refractivity contribution is 0.0659. The summed E-state index contributed by atoms with van der Waals surface area (Å²) in [6, 6.07) is 7.18. The highest BCUT2D eigenvalue weighted by molar-refractivity contribution is 6.42. The van der Waals surface area contributed by atoms with E-state index in [1.807, 2.05) is 0 Å². The summed E-state index contributed by atoms with van der Waals surface area (Å²) in [5, 5.41) is 12.4. The summed E-state index contributed by atoms with van der Waals surface area (Å²) in [6.07, 6.45) is 0.493. The van der Waals surface area contributed by atoms with E-state index in [9.17, 15) is 9.59 Å². The lowest BCUT2D eigenvalue weighted by Crippen LogP contribution is -2.29. The zero-order valence-corrected chi connectivity index (χ0v) is 14.2. The van der Waals surface area contributed by atoms with E-state index in [1.165, 1.54) is 12.1 Å². The maximum Gasteiger partial charge on any atom is 0.371 e. The van der Waals surface area contributed by atoms with Crippen molar-refractivity contribution in [1.82, 2.24) is 5.32 Å². The SMILES string of the molecule is COCCC(NC(=O)c1ccc(C(=O)O)o1)c1ccc(Cl)c(Cl)c1. The molecule has 8 heteroatoms. The number of nitrogens with one attached hydrogen (secondary N) is 1. The minimum Gasteiger partial charge on any atom is -0.475 e. The van der Waals surface area contributed by atoms with Gasteiger partial charge in [0.2, 0.25) is 5.76 Å². The lowest BCUT2D eigenvalue weighted by Gasteiger charge is -2.19. The Morgan fingerprint density at radius 2 is 1.92 bits per heavy atom. The van der Waals surface area contributed by atoms with Crippen molar-refractivity contribution in [2.45, 2.75) is 12.5 Å². The van der Waals surface area contributed by atoms with Crippen LogP contribution >= 0.6 is 23.2 Å². The fourth-order valence-electron chi connectivity index (χ4n) is 2.09. The van der Waals surface area contributed by atoms with E-state index in [0.717, 1.165) is 5.56 Å². The number of hydrogen-bond donors (Lipinski definition) is 2. The van der Waals surface area contributed by atoms with Crippen LogP contribution in [-0.2, 0) is 4.74 Å². The molecule has 0 aliphatic heterocycles. The third kappa shape index (κ3) is 4.50. The molecule has 1 heterocycles. The Morgan fingerprint density at radius 3 is 2.50 bits per heavy atom. The van der Waals surface area contributed by atoms with Gasteiger partial charge >= 0.3 is 5.97 Å². The topological polar surface area (TPSA) is 88.8 Å². The highest BCUT2D eigenvalue weighted by Gasteiger charge is 2.20. The molecule has 2 N–H and O–H groups in total. The number of halogens is 2. The standard InChI is InChI=1S/C16H15Cl2NO5/c1-23-7-6-12(9-2-3-10(17)11(18)8-9)19-15(20)13-4-5-14(24-13)16(21)22/h2-5,8,12H,6-7H2,1H3,(H,19,20)(H,21,22). The largest absolute Gasteiger partial charge is 0.475 e. The van der Waals surface area contributed by atoms with Crippen molar-refractivity contribution in [3.05, 3.63) is 57.5 Å². The summed E-state index contributed by atoms with van der Waals surface area (Å²) in [4.78, 5) is 23.1. The molecule has 24 heavy (non-hydrogen) atoms. The number of carbonyl (C=O) groups excluding carboxylic acids is 1. The second kappa shape index (κ2) is 8.19. The molecule has 128 valence electrons. The Labute approximate surface area is 148 Å². The van der Waals surface area contributed by atoms with E-state index in [2.05, 4.69) is 5.32 Å². The minimum absolute atomic E-state index is 0.0881. The second-order valence-electron chi connectivity index (χ2n) is 4.95. The van der Waals surface area contributed by atoms with Crippen molar-refractivity contribution >= 4 is 35.1 Å². The summed E-state index contributed by atoms with van der Waals surface area (Å²) in [6.45, 7) is 0.406. The number of methoxy groups -OCH3 is 1. The predicted molar refractivity (Wildman–Crippen MR) is 88.8 cm³/mol. The molecule has 1 atom stereocenters. The van der Waals surface area contributed by atoms with E-state index >= 15 is 0 Å². The average Bonchev–Trinajstić information content (AvgIpc) is 3.04. The third-order valence-corrected chi connectivity index (χ3v) is 4.04. The normalized spacial score (nSPS) is 12.0. The van der Waals surface area contributed by atoms with Gasteiger partial charge in [-0.05, 0) is 36.2 Å². The van der Waals surface area contributed by atoms with Crippen molar-refractivity contribution < 1.29 is 23.8 Å². The van der Waals surface area contributed by atoms with E-state index in [4.69, 9.17) is 37.5 Å². The zero-order chi connectivity index (χ0) is 17.7. The third-order valence-electron chi connectivity index (χ3n) is 3.30. The minimum atomic E-state index is -1.24. The molecule has 1 aromatic carbocycles. The van der Waals surface area contributed by atoms with E-state index < -0.39 is 17.9 Å². The number of carboxylic acids is 1. The molecule has 0 spiro atoms. The molecule has 0 fully saturated rings. The van der Waals surface area contributed by atoms with Gasteiger partial charge in [-0.15, -0.1) is 0 Å². The summed E-state index contributed by atoms with van der Waals surface area (Å²) < 4.78 is 10.1. The molecular formula is C16H15Cl2NO5. The van der Waals surface area contributed by atoms with Gasteiger partial charge in [0, 0.05) is 13.7 Å². The summed E-state index contributed by atoms with van der Waals surface area (Å²) >= 11 is 11.9. The molecule has 0 aliphatic carbocycles. The lowest BCUT2D eigenvalue weighted by atomic mass is 10.0. The zero-order valence-electron chi connectivity index (χ0n) is 12.7. The number of aromatic carboxylic acids is 1. The first-order valence-corrected chi connectivity index (χ1v) is 7.76. The van der Waals surface area contributed by atoms with Gasteiger partial charge in [-0.1, -0.05) is 29.3 Å². The molecule has 1 unspecified atom stereocenters. The molecule has 0 bridgehead atoms. The van der Waals surface area contributed by atoms with E-state index in [-0.39, 0.29) is 11.5 Å². The van der Waals surface area contributed by atoms with Crippen molar-refractivity contribution in [1.29, 1.82) is 0 Å². The van der Waals surface area contributed by atoms with Crippen LogP contribution in [0.4, 0.5) is 0 Å². The number of hydrogen-bond acceptors (Lipinski definition) is 4. The Hall–Kier alpha value is -2.02. The van der Waals surface area contributed by atoms with Crippen molar-refractivity contribution in [2.24, 2.45) is 0 Å². The number of carbonyl (C=O) groups is 2. The maximum atomic E-state index is 12.3. The van der Waals surface area contributed by atoms with E-state index in [1.54, 1.807) is 25.3 Å². The van der Waals surface area contributed by atoms with Gasteiger partial charge in [-0.3, -0.25) is 4.79 Å². The molecule has 0 saturated heterocycles. The first kappa shape index (κ1) is 18.3. The van der Waals surface area contributed by atoms with E-state index in [0.29, 0.717) is 23.1 Å². The maximum absolute atomic E-state index is 12.3. The van der Waals surface area contributed by atoms with Gasteiger partial charge in [0.25, 0.3) is 5.91 Å². The molecule has 6 nitrogen and oxygen atoms in total. The first-order valence-electron chi connectivity index (χ1n) is 7.00.